The lowest BCUT2D eigenvalue weighted by molar-refractivity contribution is -0.114. The Morgan fingerprint density at radius 2 is 2.19 bits per heavy atom. The number of amides is 1. The van der Waals surface area contributed by atoms with Crippen LogP contribution in [-0.4, -0.2) is 44.0 Å². The second-order valence-corrected chi connectivity index (χ2v) is 8.34. The number of hydrogen-bond donors (Lipinski definition) is 0. The molecule has 0 unspecified atom stereocenters. The van der Waals surface area contributed by atoms with Crippen molar-refractivity contribution in [2.75, 3.05) is 32.0 Å². The van der Waals surface area contributed by atoms with Gasteiger partial charge in [-0.3, -0.25) is 9.69 Å². The minimum atomic E-state index is -0.147. The van der Waals surface area contributed by atoms with Gasteiger partial charge in [0.15, 0.2) is 16.6 Å². The minimum Gasteiger partial charge on any atom is -0.494 e. The molecule has 0 saturated carbocycles. The summed E-state index contributed by atoms with van der Waals surface area (Å²) in [6, 6.07) is 11.4. The third-order valence-electron chi connectivity index (χ3n) is 5.31. The molecule has 1 fully saturated rings. The number of ether oxygens (including phenoxy) is 4. The molecular formula is C23H22N2O5S. The summed E-state index contributed by atoms with van der Waals surface area (Å²) in [5, 5.41) is 0.635. The Bertz CT molecular complexity index is 1140. The molecule has 0 radical (unpaired) electrons. The van der Waals surface area contributed by atoms with E-state index in [1.54, 1.807) is 24.2 Å². The van der Waals surface area contributed by atoms with Crippen molar-refractivity contribution in [1.82, 2.24) is 4.98 Å². The van der Waals surface area contributed by atoms with Gasteiger partial charge in [-0.05, 0) is 48.7 Å². The van der Waals surface area contributed by atoms with Gasteiger partial charge in [0.25, 0.3) is 5.91 Å². The Labute approximate surface area is 183 Å². The fourth-order valence-electron chi connectivity index (χ4n) is 3.72. The van der Waals surface area contributed by atoms with Crippen molar-refractivity contribution in [2.45, 2.75) is 18.9 Å². The first kappa shape index (κ1) is 19.8. The van der Waals surface area contributed by atoms with E-state index in [1.807, 2.05) is 36.4 Å². The molecule has 1 aromatic heterocycles. The normalized spacial score (nSPS) is 17.5. The van der Waals surface area contributed by atoms with Crippen LogP contribution in [0.4, 0.5) is 5.13 Å². The van der Waals surface area contributed by atoms with Gasteiger partial charge in [0.2, 0.25) is 6.79 Å². The van der Waals surface area contributed by atoms with Crippen molar-refractivity contribution in [3.63, 3.8) is 0 Å². The highest BCUT2D eigenvalue weighted by Crippen LogP contribution is 2.35. The first-order valence-electron chi connectivity index (χ1n) is 10.2. The Morgan fingerprint density at radius 3 is 3.03 bits per heavy atom. The second kappa shape index (κ2) is 8.56. The standard InChI is InChI=1S/C23H22N2O5S/c1-27-18-5-2-6-20-22(18)24-23(31-20)25(13-16-4-3-11-28-16)21(26)10-8-15-7-9-17-19(12-15)30-14-29-17/h2,5-10,12,16H,3-4,11,13-14H2,1H3/b10-8+/t16-/m1/s1. The Kier molecular flexibility index (Phi) is 5.48. The van der Waals surface area contributed by atoms with Gasteiger partial charge in [-0.25, -0.2) is 4.98 Å². The molecule has 0 aliphatic carbocycles. The molecule has 0 bridgehead atoms. The van der Waals surface area contributed by atoms with Gasteiger partial charge in [0.05, 0.1) is 24.5 Å². The maximum atomic E-state index is 13.2. The average Bonchev–Trinajstić information content (AvgIpc) is 3.55. The molecule has 31 heavy (non-hydrogen) atoms. The number of thiazole rings is 1. The largest absolute Gasteiger partial charge is 0.494 e. The van der Waals surface area contributed by atoms with Crippen molar-refractivity contribution in [2.24, 2.45) is 0 Å². The molecule has 1 atom stereocenters. The van der Waals surface area contributed by atoms with Crippen molar-refractivity contribution < 1.29 is 23.7 Å². The lowest BCUT2D eigenvalue weighted by Gasteiger charge is -2.21. The third-order valence-corrected chi connectivity index (χ3v) is 6.36. The van der Waals surface area contributed by atoms with Crippen LogP contribution in [0.3, 0.4) is 0 Å². The van der Waals surface area contributed by atoms with E-state index in [-0.39, 0.29) is 18.8 Å². The predicted molar refractivity (Wildman–Crippen MR) is 119 cm³/mol. The topological polar surface area (TPSA) is 70.1 Å². The zero-order valence-electron chi connectivity index (χ0n) is 17.1. The molecule has 0 N–H and O–H groups in total. The van der Waals surface area contributed by atoms with Crippen LogP contribution in [0.15, 0.2) is 42.5 Å². The zero-order chi connectivity index (χ0) is 21.2. The molecule has 2 aromatic carbocycles. The molecule has 1 saturated heterocycles. The lowest BCUT2D eigenvalue weighted by Crippen LogP contribution is -2.36. The molecule has 5 rings (SSSR count). The number of aromatic nitrogens is 1. The molecular weight excluding hydrogens is 416 g/mol. The number of fused-ring (bicyclic) bond motifs is 2. The number of hydrogen-bond acceptors (Lipinski definition) is 7. The number of benzene rings is 2. The molecule has 2 aliphatic heterocycles. The summed E-state index contributed by atoms with van der Waals surface area (Å²) >= 11 is 1.47. The minimum absolute atomic E-state index is 0.0109. The van der Waals surface area contributed by atoms with E-state index in [2.05, 4.69) is 0 Å². The van der Waals surface area contributed by atoms with Crippen molar-refractivity contribution in [1.29, 1.82) is 0 Å². The monoisotopic (exact) mass is 438 g/mol. The highest BCUT2D eigenvalue weighted by molar-refractivity contribution is 7.22. The van der Waals surface area contributed by atoms with Crippen LogP contribution in [0.5, 0.6) is 17.2 Å². The number of nitrogens with zero attached hydrogens (tertiary/aromatic N) is 2. The van der Waals surface area contributed by atoms with Crippen LogP contribution in [0.2, 0.25) is 0 Å². The number of methoxy groups -OCH3 is 1. The first-order valence-corrected chi connectivity index (χ1v) is 11.0. The second-order valence-electron chi connectivity index (χ2n) is 7.33. The number of carbonyl (C=O) groups excluding carboxylic acids is 1. The molecule has 2 aliphatic rings. The van der Waals surface area contributed by atoms with E-state index >= 15 is 0 Å². The van der Waals surface area contributed by atoms with Crippen LogP contribution in [-0.2, 0) is 9.53 Å². The summed E-state index contributed by atoms with van der Waals surface area (Å²) in [4.78, 5) is 19.7. The highest BCUT2D eigenvalue weighted by atomic mass is 32.1. The zero-order valence-corrected chi connectivity index (χ0v) is 17.9. The van der Waals surface area contributed by atoms with Crippen molar-refractivity contribution in [3.8, 4) is 17.2 Å². The molecule has 1 amide bonds. The molecule has 7 nitrogen and oxygen atoms in total. The average molecular weight is 439 g/mol. The summed E-state index contributed by atoms with van der Waals surface area (Å²) in [5.41, 5.74) is 1.62. The van der Waals surface area contributed by atoms with Gasteiger partial charge in [-0.2, -0.15) is 0 Å². The van der Waals surface area contributed by atoms with Crippen LogP contribution in [0, 0.1) is 0 Å². The molecule has 8 heteroatoms. The van der Waals surface area contributed by atoms with Crippen LogP contribution in [0.1, 0.15) is 18.4 Å². The van der Waals surface area contributed by atoms with Gasteiger partial charge in [-0.1, -0.05) is 23.5 Å². The number of para-hydroxylation sites is 1. The molecule has 160 valence electrons. The Balaban J connectivity index is 1.43. The fourth-order valence-corrected chi connectivity index (χ4v) is 4.72. The van der Waals surface area contributed by atoms with Crippen LogP contribution >= 0.6 is 11.3 Å². The van der Waals surface area contributed by atoms with Gasteiger partial charge < -0.3 is 18.9 Å². The Morgan fingerprint density at radius 1 is 1.29 bits per heavy atom. The van der Waals surface area contributed by atoms with Crippen molar-refractivity contribution >= 4 is 38.7 Å². The molecule has 3 heterocycles. The number of carbonyl (C=O) groups is 1. The highest BCUT2D eigenvalue weighted by Gasteiger charge is 2.25. The maximum Gasteiger partial charge on any atom is 0.252 e. The van der Waals surface area contributed by atoms with Gasteiger partial charge in [0, 0.05) is 12.7 Å². The predicted octanol–water partition coefficient (Wildman–Crippen LogP) is 4.26. The lowest BCUT2D eigenvalue weighted by atomic mass is 10.2. The fraction of sp³-hybridized carbons (Fsp3) is 0.304. The first-order chi connectivity index (χ1) is 15.2. The van der Waals surface area contributed by atoms with Crippen LogP contribution < -0.4 is 19.1 Å². The van der Waals surface area contributed by atoms with Crippen molar-refractivity contribution in [3.05, 3.63) is 48.0 Å². The van der Waals surface area contributed by atoms with E-state index in [1.165, 1.54) is 11.3 Å². The van der Waals surface area contributed by atoms with Gasteiger partial charge in [0.1, 0.15) is 11.3 Å². The molecule has 3 aromatic rings. The van der Waals surface area contributed by atoms with E-state index in [4.69, 9.17) is 23.9 Å². The van der Waals surface area contributed by atoms with E-state index < -0.39 is 0 Å². The van der Waals surface area contributed by atoms with E-state index in [0.717, 1.165) is 35.2 Å². The third kappa shape index (κ3) is 4.08. The number of rotatable bonds is 6. The summed E-state index contributed by atoms with van der Waals surface area (Å²) in [7, 11) is 1.62. The Hall–Kier alpha value is -3.10. The molecule has 0 spiro atoms. The summed E-state index contributed by atoms with van der Waals surface area (Å²) in [6.45, 7) is 1.41. The summed E-state index contributed by atoms with van der Waals surface area (Å²) < 4.78 is 23.0. The SMILES string of the molecule is COc1cccc2sc(N(C[C@H]3CCCO3)C(=O)/C=C/c3ccc4c(c3)OCO4)nc12. The number of anilines is 1. The summed E-state index contributed by atoms with van der Waals surface area (Å²) in [6.07, 6.45) is 5.30. The smallest absolute Gasteiger partial charge is 0.252 e. The summed E-state index contributed by atoms with van der Waals surface area (Å²) in [5.74, 6) is 1.95. The van der Waals surface area contributed by atoms with E-state index in [9.17, 15) is 4.79 Å². The van der Waals surface area contributed by atoms with E-state index in [0.29, 0.717) is 28.9 Å². The van der Waals surface area contributed by atoms with Crippen LogP contribution in [0.25, 0.3) is 16.3 Å². The van der Waals surface area contributed by atoms with Gasteiger partial charge >= 0.3 is 0 Å². The quantitative estimate of drug-likeness (QED) is 0.536. The maximum absolute atomic E-state index is 13.2. The van der Waals surface area contributed by atoms with Gasteiger partial charge in [-0.15, -0.1) is 0 Å².